The largest absolute Gasteiger partial charge is 0.483 e. The van der Waals surface area contributed by atoms with Crippen molar-refractivity contribution in [3.8, 4) is 5.75 Å². The Morgan fingerprint density at radius 3 is 2.70 bits per heavy atom. The summed E-state index contributed by atoms with van der Waals surface area (Å²) in [7, 11) is 0. The van der Waals surface area contributed by atoms with Crippen LogP contribution in [0.4, 0.5) is 0 Å². The third-order valence-electron chi connectivity index (χ3n) is 3.42. The predicted molar refractivity (Wildman–Crippen MR) is 82.7 cm³/mol. The van der Waals surface area contributed by atoms with Gasteiger partial charge in [-0.05, 0) is 44.4 Å². The molecule has 2 N–H and O–H groups in total. The van der Waals surface area contributed by atoms with Gasteiger partial charge in [-0.15, -0.1) is 12.4 Å². The summed E-state index contributed by atoms with van der Waals surface area (Å²) >= 11 is 0. The first-order chi connectivity index (χ1) is 9.16. The summed E-state index contributed by atoms with van der Waals surface area (Å²) in [6.07, 6.45) is 2.16. The van der Waals surface area contributed by atoms with Crippen LogP contribution in [0.25, 0.3) is 0 Å². The number of para-hydroxylation sites is 1. The normalized spacial score (nSPS) is 18.0. The van der Waals surface area contributed by atoms with Crippen molar-refractivity contribution in [1.29, 1.82) is 0 Å². The molecule has 0 saturated carbocycles. The molecule has 1 aromatic carbocycles. The molecule has 0 spiro atoms. The third kappa shape index (κ3) is 4.69. The van der Waals surface area contributed by atoms with Crippen LogP contribution < -0.4 is 15.4 Å². The Bertz CT molecular complexity index is 425. The number of carbonyl (C=O) groups is 1. The van der Waals surface area contributed by atoms with E-state index in [0.29, 0.717) is 0 Å². The molecule has 1 fully saturated rings. The molecule has 112 valence electrons. The summed E-state index contributed by atoms with van der Waals surface area (Å²) in [6.45, 7) is 5.97. The number of ether oxygens (including phenoxy) is 1. The Kier molecular flexibility index (Phi) is 6.82. The minimum atomic E-state index is -0.0450. The van der Waals surface area contributed by atoms with Crippen molar-refractivity contribution in [2.75, 3.05) is 19.7 Å². The number of aryl methyl sites for hydroxylation is 2. The molecule has 1 saturated heterocycles. The molecular formula is C15H23ClN2O2. The molecule has 1 unspecified atom stereocenters. The van der Waals surface area contributed by atoms with E-state index < -0.39 is 0 Å². The summed E-state index contributed by atoms with van der Waals surface area (Å²) in [6, 6.07) is 6.21. The van der Waals surface area contributed by atoms with Gasteiger partial charge in [0.2, 0.25) is 0 Å². The van der Waals surface area contributed by atoms with Crippen LogP contribution in [0.2, 0.25) is 0 Å². The molecule has 1 aliphatic heterocycles. The van der Waals surface area contributed by atoms with Gasteiger partial charge in [-0.25, -0.2) is 0 Å². The molecule has 1 amide bonds. The number of amides is 1. The summed E-state index contributed by atoms with van der Waals surface area (Å²) in [5.74, 6) is 0.774. The quantitative estimate of drug-likeness (QED) is 0.893. The van der Waals surface area contributed by atoms with Gasteiger partial charge in [0.15, 0.2) is 6.61 Å². The van der Waals surface area contributed by atoms with Gasteiger partial charge in [0.1, 0.15) is 5.75 Å². The van der Waals surface area contributed by atoms with Crippen molar-refractivity contribution in [3.05, 3.63) is 29.3 Å². The molecule has 1 heterocycles. The molecule has 4 nitrogen and oxygen atoms in total. The Balaban J connectivity index is 0.00000200. The van der Waals surface area contributed by atoms with Gasteiger partial charge in [-0.2, -0.15) is 0 Å². The molecule has 2 rings (SSSR count). The Morgan fingerprint density at radius 1 is 1.40 bits per heavy atom. The maximum absolute atomic E-state index is 11.8. The van der Waals surface area contributed by atoms with E-state index in [2.05, 4.69) is 10.6 Å². The van der Waals surface area contributed by atoms with Gasteiger partial charge in [-0.1, -0.05) is 18.2 Å². The molecule has 20 heavy (non-hydrogen) atoms. The zero-order valence-electron chi connectivity index (χ0n) is 12.1. The maximum atomic E-state index is 11.8. The molecular weight excluding hydrogens is 276 g/mol. The highest BCUT2D eigenvalue weighted by Gasteiger charge is 2.15. The van der Waals surface area contributed by atoms with Crippen LogP contribution in [0.15, 0.2) is 18.2 Å². The van der Waals surface area contributed by atoms with E-state index in [1.54, 1.807) is 0 Å². The van der Waals surface area contributed by atoms with Gasteiger partial charge in [0.25, 0.3) is 5.91 Å². The summed E-state index contributed by atoms with van der Waals surface area (Å²) in [4.78, 5) is 11.8. The topological polar surface area (TPSA) is 50.4 Å². The first-order valence-electron chi connectivity index (χ1n) is 6.86. The van der Waals surface area contributed by atoms with E-state index in [1.165, 1.54) is 0 Å². The fourth-order valence-corrected chi connectivity index (χ4v) is 2.41. The smallest absolute Gasteiger partial charge is 0.258 e. The Labute approximate surface area is 126 Å². The molecule has 0 bridgehead atoms. The van der Waals surface area contributed by atoms with Crippen LogP contribution >= 0.6 is 12.4 Å². The van der Waals surface area contributed by atoms with E-state index in [-0.39, 0.29) is 31.0 Å². The Morgan fingerprint density at radius 2 is 2.10 bits per heavy atom. The second kappa shape index (κ2) is 8.12. The van der Waals surface area contributed by atoms with Crippen molar-refractivity contribution < 1.29 is 9.53 Å². The van der Waals surface area contributed by atoms with Gasteiger partial charge in [0.05, 0.1) is 0 Å². The van der Waals surface area contributed by atoms with E-state index in [0.717, 1.165) is 42.8 Å². The molecule has 0 radical (unpaired) electrons. The highest BCUT2D eigenvalue weighted by atomic mass is 35.5. The van der Waals surface area contributed by atoms with Crippen LogP contribution in [0.5, 0.6) is 5.75 Å². The number of hydrogen-bond donors (Lipinski definition) is 2. The summed E-state index contributed by atoms with van der Waals surface area (Å²) < 4.78 is 5.64. The number of carbonyl (C=O) groups excluding carboxylic acids is 1. The van der Waals surface area contributed by atoms with Crippen molar-refractivity contribution in [3.63, 3.8) is 0 Å². The molecule has 0 aromatic heterocycles. The highest BCUT2D eigenvalue weighted by Crippen LogP contribution is 2.22. The van der Waals surface area contributed by atoms with Gasteiger partial charge in [0, 0.05) is 12.6 Å². The predicted octanol–water partition coefficient (Wildman–Crippen LogP) is 1.97. The van der Waals surface area contributed by atoms with Gasteiger partial charge in [-0.3, -0.25) is 4.79 Å². The van der Waals surface area contributed by atoms with E-state index >= 15 is 0 Å². The first kappa shape index (κ1) is 16.8. The molecule has 1 aromatic rings. The van der Waals surface area contributed by atoms with Crippen LogP contribution in [0.1, 0.15) is 24.0 Å². The number of nitrogens with one attached hydrogen (secondary N) is 2. The third-order valence-corrected chi connectivity index (χ3v) is 3.42. The lowest BCUT2D eigenvalue weighted by Crippen LogP contribution is -2.47. The fraction of sp³-hybridized carbons (Fsp3) is 0.533. The van der Waals surface area contributed by atoms with Crippen LogP contribution in [0, 0.1) is 13.8 Å². The summed E-state index contributed by atoms with van der Waals surface area (Å²) in [5, 5.41) is 6.28. The lowest BCUT2D eigenvalue weighted by Gasteiger charge is -2.23. The van der Waals surface area contributed by atoms with Crippen LogP contribution in [-0.2, 0) is 4.79 Å². The fourth-order valence-electron chi connectivity index (χ4n) is 2.41. The zero-order chi connectivity index (χ0) is 13.7. The van der Waals surface area contributed by atoms with Crippen molar-refractivity contribution in [1.82, 2.24) is 10.6 Å². The second-order valence-corrected chi connectivity index (χ2v) is 5.12. The average Bonchev–Trinajstić information content (AvgIpc) is 2.39. The van der Waals surface area contributed by atoms with Crippen molar-refractivity contribution in [2.24, 2.45) is 0 Å². The summed E-state index contributed by atoms with van der Waals surface area (Å²) in [5.41, 5.74) is 2.12. The maximum Gasteiger partial charge on any atom is 0.258 e. The number of piperidine rings is 1. The molecule has 5 heteroatoms. The minimum absolute atomic E-state index is 0. The van der Waals surface area contributed by atoms with E-state index in [9.17, 15) is 4.79 Å². The average molecular weight is 299 g/mol. The van der Waals surface area contributed by atoms with Crippen molar-refractivity contribution in [2.45, 2.75) is 32.7 Å². The van der Waals surface area contributed by atoms with Crippen molar-refractivity contribution >= 4 is 18.3 Å². The SMILES string of the molecule is Cc1cccc(C)c1OCC(=O)NC1CCCNC1.Cl. The number of rotatable bonds is 4. The van der Waals surface area contributed by atoms with E-state index in [4.69, 9.17) is 4.74 Å². The lowest BCUT2D eigenvalue weighted by atomic mass is 10.1. The minimum Gasteiger partial charge on any atom is -0.483 e. The van der Waals surface area contributed by atoms with E-state index in [1.807, 2.05) is 32.0 Å². The lowest BCUT2D eigenvalue weighted by molar-refractivity contribution is -0.123. The second-order valence-electron chi connectivity index (χ2n) is 5.12. The molecule has 1 aliphatic rings. The molecule has 0 aliphatic carbocycles. The van der Waals surface area contributed by atoms with Gasteiger partial charge >= 0.3 is 0 Å². The standard InChI is InChI=1S/C15H22N2O2.ClH/c1-11-5-3-6-12(2)15(11)19-10-14(18)17-13-7-4-8-16-9-13;/h3,5-6,13,16H,4,7-10H2,1-2H3,(H,17,18);1H. The number of halogens is 1. The van der Waals surface area contributed by atoms with Crippen LogP contribution in [0.3, 0.4) is 0 Å². The zero-order valence-corrected chi connectivity index (χ0v) is 12.9. The first-order valence-corrected chi connectivity index (χ1v) is 6.86. The number of hydrogen-bond acceptors (Lipinski definition) is 3. The molecule has 1 atom stereocenters. The monoisotopic (exact) mass is 298 g/mol. The van der Waals surface area contributed by atoms with Crippen LogP contribution in [-0.4, -0.2) is 31.6 Å². The Hall–Kier alpha value is -1.26. The van der Waals surface area contributed by atoms with Gasteiger partial charge < -0.3 is 15.4 Å². The highest BCUT2D eigenvalue weighted by molar-refractivity contribution is 5.85. The number of benzene rings is 1.